The largest absolute Gasteiger partial charge is 0.360 e. The van der Waals surface area contributed by atoms with Gasteiger partial charge in [-0.25, -0.2) is 0 Å². The van der Waals surface area contributed by atoms with Crippen molar-refractivity contribution in [3.8, 4) is 0 Å². The van der Waals surface area contributed by atoms with Crippen LogP contribution in [0.5, 0.6) is 0 Å². The molecule has 0 atom stereocenters. The van der Waals surface area contributed by atoms with Crippen molar-refractivity contribution in [1.29, 1.82) is 0 Å². The second-order valence-corrected chi connectivity index (χ2v) is 4.52. The average Bonchev–Trinajstić information content (AvgIpc) is 2.60. The van der Waals surface area contributed by atoms with Crippen molar-refractivity contribution in [1.82, 2.24) is 15.5 Å². The Labute approximate surface area is 92.3 Å². The quantitative estimate of drug-likeness (QED) is 0.811. The number of carbonyl (C=O) groups is 1. The highest BCUT2D eigenvalue weighted by molar-refractivity contribution is 7.17. The summed E-state index contributed by atoms with van der Waals surface area (Å²) in [4.78, 5) is 11.6. The second kappa shape index (κ2) is 4.57. The molecule has 1 saturated carbocycles. The predicted octanol–water partition coefficient (Wildman–Crippen LogP) is 1.25. The number of hydrogen-bond acceptors (Lipinski definition) is 5. The van der Waals surface area contributed by atoms with Crippen molar-refractivity contribution in [2.75, 3.05) is 11.9 Å². The zero-order valence-corrected chi connectivity index (χ0v) is 9.43. The molecule has 1 amide bonds. The second-order valence-electron chi connectivity index (χ2n) is 3.54. The van der Waals surface area contributed by atoms with Gasteiger partial charge in [-0.15, -0.1) is 10.2 Å². The molecule has 1 heterocycles. The van der Waals surface area contributed by atoms with Gasteiger partial charge in [0.2, 0.25) is 10.1 Å². The van der Waals surface area contributed by atoms with E-state index >= 15 is 0 Å². The number of anilines is 1. The minimum absolute atomic E-state index is 0.0960. The number of nitrogens with one attached hydrogen (secondary N) is 2. The smallest absolute Gasteiger partial charge is 0.282 e. The number of hydrogen-bond donors (Lipinski definition) is 2. The summed E-state index contributed by atoms with van der Waals surface area (Å²) in [6.07, 6.45) is 3.39. The average molecular weight is 226 g/mol. The molecule has 0 saturated heterocycles. The van der Waals surface area contributed by atoms with Gasteiger partial charge in [0.1, 0.15) is 0 Å². The van der Waals surface area contributed by atoms with Crippen LogP contribution in [0.25, 0.3) is 0 Å². The fourth-order valence-electron chi connectivity index (χ4n) is 1.34. The van der Waals surface area contributed by atoms with E-state index in [1.165, 1.54) is 17.8 Å². The maximum atomic E-state index is 11.6. The highest BCUT2D eigenvalue weighted by Crippen LogP contribution is 2.20. The molecule has 0 unspecified atom stereocenters. The fraction of sp³-hybridized carbons (Fsp3) is 0.667. The fourth-order valence-corrected chi connectivity index (χ4v) is 2.05. The first-order valence-electron chi connectivity index (χ1n) is 5.18. The Morgan fingerprint density at radius 1 is 1.53 bits per heavy atom. The van der Waals surface area contributed by atoms with Gasteiger partial charge in [-0.3, -0.25) is 4.79 Å². The van der Waals surface area contributed by atoms with Crippen LogP contribution in [0.2, 0.25) is 0 Å². The monoisotopic (exact) mass is 226 g/mol. The van der Waals surface area contributed by atoms with Gasteiger partial charge in [-0.2, -0.15) is 0 Å². The van der Waals surface area contributed by atoms with Crippen molar-refractivity contribution in [3.05, 3.63) is 5.01 Å². The first-order valence-corrected chi connectivity index (χ1v) is 5.99. The normalized spacial score (nSPS) is 15.8. The summed E-state index contributed by atoms with van der Waals surface area (Å²) in [6, 6.07) is 0.351. The van der Waals surface area contributed by atoms with Crippen LogP contribution >= 0.6 is 11.3 Å². The van der Waals surface area contributed by atoms with E-state index < -0.39 is 0 Å². The summed E-state index contributed by atoms with van der Waals surface area (Å²) in [5, 5.41) is 14.8. The van der Waals surface area contributed by atoms with Gasteiger partial charge in [0.05, 0.1) is 0 Å². The number of aromatic nitrogens is 2. The molecule has 5 nitrogen and oxygen atoms in total. The lowest BCUT2D eigenvalue weighted by Crippen LogP contribution is -2.39. The van der Waals surface area contributed by atoms with E-state index in [2.05, 4.69) is 20.8 Å². The van der Waals surface area contributed by atoms with Crippen molar-refractivity contribution in [3.63, 3.8) is 0 Å². The van der Waals surface area contributed by atoms with Crippen LogP contribution in [0.3, 0.4) is 0 Å². The van der Waals surface area contributed by atoms with Gasteiger partial charge in [0, 0.05) is 12.6 Å². The molecular weight excluding hydrogens is 212 g/mol. The topological polar surface area (TPSA) is 66.9 Å². The third-order valence-corrected chi connectivity index (χ3v) is 3.27. The van der Waals surface area contributed by atoms with E-state index in [1.54, 1.807) is 0 Å². The lowest BCUT2D eigenvalue weighted by molar-refractivity contribution is 0.0916. The molecule has 82 valence electrons. The van der Waals surface area contributed by atoms with E-state index in [9.17, 15) is 4.79 Å². The molecule has 15 heavy (non-hydrogen) atoms. The van der Waals surface area contributed by atoms with E-state index in [-0.39, 0.29) is 5.91 Å². The number of nitrogens with zero attached hydrogens (tertiary/aromatic N) is 2. The van der Waals surface area contributed by atoms with Crippen molar-refractivity contribution >= 4 is 22.4 Å². The standard InChI is InChI=1S/C9H14N4OS/c1-2-10-9-13-12-8(15-9)7(14)11-6-4-3-5-6/h6H,2-5H2,1H3,(H,10,13)(H,11,14). The molecule has 1 aliphatic rings. The Hall–Kier alpha value is -1.17. The van der Waals surface area contributed by atoms with Gasteiger partial charge in [0.25, 0.3) is 5.91 Å². The van der Waals surface area contributed by atoms with Crippen LogP contribution in [0, 0.1) is 0 Å². The maximum Gasteiger partial charge on any atom is 0.282 e. The van der Waals surface area contributed by atoms with Gasteiger partial charge in [-0.1, -0.05) is 11.3 Å². The molecular formula is C9H14N4OS. The summed E-state index contributed by atoms with van der Waals surface area (Å²) in [5.74, 6) is -0.0960. The van der Waals surface area contributed by atoms with Crippen LogP contribution in [0.15, 0.2) is 0 Å². The SMILES string of the molecule is CCNc1nnc(C(=O)NC2CCC2)s1. The van der Waals surface area contributed by atoms with Crippen LogP contribution in [-0.2, 0) is 0 Å². The van der Waals surface area contributed by atoms with Crippen LogP contribution in [0.4, 0.5) is 5.13 Å². The predicted molar refractivity (Wildman–Crippen MR) is 59.2 cm³/mol. The first kappa shape index (κ1) is 10.4. The Balaban J connectivity index is 1.92. The molecule has 0 radical (unpaired) electrons. The summed E-state index contributed by atoms with van der Waals surface area (Å²) in [5.41, 5.74) is 0. The zero-order chi connectivity index (χ0) is 10.7. The molecule has 1 fully saturated rings. The Kier molecular flexibility index (Phi) is 3.15. The molecule has 2 rings (SSSR count). The molecule has 0 aliphatic heterocycles. The van der Waals surface area contributed by atoms with E-state index in [0.29, 0.717) is 16.2 Å². The molecule has 0 aromatic carbocycles. The lowest BCUT2D eigenvalue weighted by atomic mass is 9.93. The molecule has 2 N–H and O–H groups in total. The van der Waals surface area contributed by atoms with Gasteiger partial charge in [-0.05, 0) is 26.2 Å². The van der Waals surface area contributed by atoms with E-state index in [4.69, 9.17) is 0 Å². The van der Waals surface area contributed by atoms with Crippen molar-refractivity contribution < 1.29 is 4.79 Å². The van der Waals surface area contributed by atoms with Crippen LogP contribution in [0.1, 0.15) is 36.0 Å². The van der Waals surface area contributed by atoms with Gasteiger partial charge >= 0.3 is 0 Å². The number of amides is 1. The Morgan fingerprint density at radius 2 is 2.33 bits per heavy atom. The highest BCUT2D eigenvalue weighted by atomic mass is 32.1. The Morgan fingerprint density at radius 3 is 2.93 bits per heavy atom. The van der Waals surface area contributed by atoms with Crippen molar-refractivity contribution in [2.45, 2.75) is 32.2 Å². The molecule has 1 aliphatic carbocycles. The maximum absolute atomic E-state index is 11.6. The molecule has 0 bridgehead atoms. The first-order chi connectivity index (χ1) is 7.29. The minimum Gasteiger partial charge on any atom is -0.360 e. The molecule has 0 spiro atoms. The number of carbonyl (C=O) groups excluding carboxylic acids is 1. The minimum atomic E-state index is -0.0960. The molecule has 1 aromatic rings. The third-order valence-electron chi connectivity index (χ3n) is 2.39. The van der Waals surface area contributed by atoms with E-state index in [1.807, 2.05) is 6.92 Å². The van der Waals surface area contributed by atoms with E-state index in [0.717, 1.165) is 19.4 Å². The zero-order valence-electron chi connectivity index (χ0n) is 8.62. The van der Waals surface area contributed by atoms with Crippen LogP contribution < -0.4 is 10.6 Å². The number of rotatable bonds is 4. The van der Waals surface area contributed by atoms with Gasteiger partial charge < -0.3 is 10.6 Å². The third kappa shape index (κ3) is 2.44. The van der Waals surface area contributed by atoms with Gasteiger partial charge in [0.15, 0.2) is 0 Å². The summed E-state index contributed by atoms with van der Waals surface area (Å²) < 4.78 is 0. The van der Waals surface area contributed by atoms with Crippen molar-refractivity contribution in [2.24, 2.45) is 0 Å². The molecule has 6 heteroatoms. The Bertz CT molecular complexity index is 348. The summed E-state index contributed by atoms with van der Waals surface area (Å²) >= 11 is 1.30. The summed E-state index contributed by atoms with van der Waals surface area (Å²) in [6.45, 7) is 2.77. The van der Waals surface area contributed by atoms with Crippen LogP contribution in [-0.4, -0.2) is 28.7 Å². The molecule has 1 aromatic heterocycles. The summed E-state index contributed by atoms with van der Waals surface area (Å²) in [7, 11) is 0. The highest BCUT2D eigenvalue weighted by Gasteiger charge is 2.21. The lowest BCUT2D eigenvalue weighted by Gasteiger charge is -2.25.